The van der Waals surface area contributed by atoms with Gasteiger partial charge in [0.15, 0.2) is 17.3 Å². The fourth-order valence-electron chi connectivity index (χ4n) is 2.95. The van der Waals surface area contributed by atoms with Gasteiger partial charge in [-0.2, -0.15) is 0 Å². The number of nitro benzene ring substituents is 1. The van der Waals surface area contributed by atoms with Gasteiger partial charge in [0.05, 0.1) is 31.6 Å². The SMILES string of the molecule is COc1cc(-c2oc3c([N+](=O)[O-])cc(C)cc3c(=O)c2O)cc(OC)c1OC. The van der Waals surface area contributed by atoms with Gasteiger partial charge in [-0.05, 0) is 30.7 Å². The summed E-state index contributed by atoms with van der Waals surface area (Å²) >= 11 is 0. The predicted octanol–water partition coefficient (Wildman–Crippen LogP) is 3.41. The van der Waals surface area contributed by atoms with E-state index in [2.05, 4.69) is 0 Å². The van der Waals surface area contributed by atoms with Crippen molar-refractivity contribution in [1.82, 2.24) is 0 Å². The van der Waals surface area contributed by atoms with Crippen LogP contribution in [0.25, 0.3) is 22.3 Å². The highest BCUT2D eigenvalue weighted by molar-refractivity contribution is 5.89. The first-order valence-corrected chi connectivity index (χ1v) is 8.07. The first kappa shape index (κ1) is 19.0. The maximum atomic E-state index is 12.7. The summed E-state index contributed by atoms with van der Waals surface area (Å²) in [7, 11) is 4.25. The fourth-order valence-corrected chi connectivity index (χ4v) is 2.95. The van der Waals surface area contributed by atoms with E-state index in [1.165, 1.54) is 45.6 Å². The highest BCUT2D eigenvalue weighted by Gasteiger charge is 2.24. The Bertz CT molecular complexity index is 1120. The standard InChI is InChI=1S/C19H17NO8/c1-9-5-11-15(21)16(22)17(28-18(11)12(6-9)20(23)24)10-7-13(25-2)19(27-4)14(8-10)26-3/h5-8,22H,1-4H3. The zero-order valence-electron chi connectivity index (χ0n) is 15.6. The lowest BCUT2D eigenvalue weighted by molar-refractivity contribution is -0.383. The van der Waals surface area contributed by atoms with Crippen LogP contribution in [-0.2, 0) is 0 Å². The number of rotatable bonds is 5. The lowest BCUT2D eigenvalue weighted by Gasteiger charge is -2.14. The van der Waals surface area contributed by atoms with Crippen LogP contribution in [-0.4, -0.2) is 31.4 Å². The minimum Gasteiger partial charge on any atom is -0.502 e. The molecule has 0 amide bonds. The van der Waals surface area contributed by atoms with Crippen LogP contribution < -0.4 is 19.6 Å². The molecule has 0 aliphatic heterocycles. The van der Waals surface area contributed by atoms with Gasteiger partial charge in [-0.15, -0.1) is 0 Å². The Morgan fingerprint density at radius 2 is 1.64 bits per heavy atom. The Morgan fingerprint density at radius 1 is 1.04 bits per heavy atom. The molecule has 1 heterocycles. The Morgan fingerprint density at radius 3 is 2.14 bits per heavy atom. The summed E-state index contributed by atoms with van der Waals surface area (Å²) in [6.45, 7) is 1.61. The van der Waals surface area contributed by atoms with Crippen molar-refractivity contribution in [3.05, 3.63) is 50.2 Å². The Balaban J connectivity index is 2.40. The third-order valence-corrected chi connectivity index (χ3v) is 4.22. The molecule has 146 valence electrons. The minimum absolute atomic E-state index is 0.0830. The zero-order valence-corrected chi connectivity index (χ0v) is 15.6. The molecule has 0 bridgehead atoms. The number of nitrogens with zero attached hydrogens (tertiary/aromatic N) is 1. The normalized spacial score (nSPS) is 10.7. The van der Waals surface area contributed by atoms with Crippen LogP contribution in [0, 0.1) is 17.0 Å². The van der Waals surface area contributed by atoms with E-state index in [9.17, 15) is 20.0 Å². The largest absolute Gasteiger partial charge is 0.502 e. The predicted molar refractivity (Wildman–Crippen MR) is 101 cm³/mol. The summed E-state index contributed by atoms with van der Waals surface area (Å²) in [4.78, 5) is 23.4. The third kappa shape index (κ3) is 2.96. The molecule has 9 heteroatoms. The van der Waals surface area contributed by atoms with Crippen molar-refractivity contribution in [2.24, 2.45) is 0 Å². The number of nitro groups is 1. The number of fused-ring (bicyclic) bond motifs is 1. The molecule has 0 unspecified atom stereocenters. The summed E-state index contributed by atoms with van der Waals surface area (Å²) in [6.07, 6.45) is 0. The van der Waals surface area contributed by atoms with E-state index in [-0.39, 0.29) is 39.5 Å². The van der Waals surface area contributed by atoms with Crippen LogP contribution in [0.3, 0.4) is 0 Å². The van der Waals surface area contributed by atoms with Gasteiger partial charge in [0, 0.05) is 11.6 Å². The van der Waals surface area contributed by atoms with Crippen molar-refractivity contribution in [2.45, 2.75) is 6.92 Å². The number of hydrogen-bond acceptors (Lipinski definition) is 8. The molecule has 9 nitrogen and oxygen atoms in total. The zero-order chi connectivity index (χ0) is 20.6. The Kier molecular flexibility index (Phi) is 4.83. The van der Waals surface area contributed by atoms with Crippen LogP contribution in [0.5, 0.6) is 23.0 Å². The molecule has 0 spiro atoms. The molecule has 0 aliphatic rings. The second-order valence-electron chi connectivity index (χ2n) is 5.94. The number of benzene rings is 2. The van der Waals surface area contributed by atoms with Gasteiger partial charge >= 0.3 is 5.69 Å². The summed E-state index contributed by atoms with van der Waals surface area (Å²) in [5.74, 6) is -0.0989. The topological polar surface area (TPSA) is 121 Å². The molecule has 0 atom stereocenters. The van der Waals surface area contributed by atoms with E-state index in [0.717, 1.165) is 0 Å². The molecule has 28 heavy (non-hydrogen) atoms. The van der Waals surface area contributed by atoms with Gasteiger partial charge in [0.1, 0.15) is 0 Å². The van der Waals surface area contributed by atoms with Crippen LogP contribution in [0.15, 0.2) is 33.5 Å². The Labute approximate surface area is 158 Å². The van der Waals surface area contributed by atoms with Crippen molar-refractivity contribution in [1.29, 1.82) is 0 Å². The van der Waals surface area contributed by atoms with E-state index in [0.29, 0.717) is 11.3 Å². The third-order valence-electron chi connectivity index (χ3n) is 4.22. The van der Waals surface area contributed by atoms with Crippen LogP contribution in [0.1, 0.15) is 5.56 Å². The van der Waals surface area contributed by atoms with Gasteiger partial charge in [0.25, 0.3) is 0 Å². The van der Waals surface area contributed by atoms with Crippen molar-refractivity contribution in [3.8, 4) is 34.3 Å². The molecule has 1 aromatic heterocycles. The van der Waals surface area contributed by atoms with Gasteiger partial charge < -0.3 is 23.7 Å². The molecule has 0 radical (unpaired) electrons. The van der Waals surface area contributed by atoms with E-state index in [1.807, 2.05) is 0 Å². The fraction of sp³-hybridized carbons (Fsp3) is 0.211. The van der Waals surface area contributed by atoms with Gasteiger partial charge in [-0.1, -0.05) is 0 Å². The van der Waals surface area contributed by atoms with E-state index < -0.39 is 16.1 Å². The van der Waals surface area contributed by atoms with Crippen molar-refractivity contribution < 1.29 is 28.7 Å². The average molecular weight is 387 g/mol. The summed E-state index contributed by atoms with van der Waals surface area (Å²) in [6, 6.07) is 5.64. The number of methoxy groups -OCH3 is 3. The quantitative estimate of drug-likeness (QED) is 0.522. The maximum Gasteiger partial charge on any atom is 0.312 e. The molecule has 0 aliphatic carbocycles. The minimum atomic E-state index is -0.781. The van der Waals surface area contributed by atoms with Crippen LogP contribution >= 0.6 is 0 Å². The van der Waals surface area contributed by atoms with E-state index >= 15 is 0 Å². The molecular weight excluding hydrogens is 370 g/mol. The van der Waals surface area contributed by atoms with E-state index in [4.69, 9.17) is 18.6 Å². The molecule has 0 saturated carbocycles. The molecule has 0 saturated heterocycles. The number of non-ortho nitro benzene ring substituents is 1. The lowest BCUT2D eigenvalue weighted by atomic mass is 10.1. The maximum absolute atomic E-state index is 12.7. The molecule has 1 N–H and O–H groups in total. The van der Waals surface area contributed by atoms with Gasteiger partial charge in [-0.25, -0.2) is 0 Å². The van der Waals surface area contributed by atoms with Crippen LogP contribution in [0.2, 0.25) is 0 Å². The van der Waals surface area contributed by atoms with Crippen molar-refractivity contribution >= 4 is 16.7 Å². The van der Waals surface area contributed by atoms with Crippen molar-refractivity contribution in [3.63, 3.8) is 0 Å². The summed E-state index contributed by atoms with van der Waals surface area (Å²) in [5, 5.41) is 21.8. The highest BCUT2D eigenvalue weighted by atomic mass is 16.6. The highest BCUT2D eigenvalue weighted by Crippen LogP contribution is 2.43. The first-order chi connectivity index (χ1) is 13.3. The Hall–Kier alpha value is -3.75. The van der Waals surface area contributed by atoms with E-state index in [1.54, 1.807) is 6.92 Å². The van der Waals surface area contributed by atoms with Crippen molar-refractivity contribution in [2.75, 3.05) is 21.3 Å². The molecule has 0 fully saturated rings. The molecule has 2 aromatic carbocycles. The smallest absolute Gasteiger partial charge is 0.312 e. The summed E-state index contributed by atoms with van der Waals surface area (Å²) in [5.41, 5.74) is -0.674. The lowest BCUT2D eigenvalue weighted by Crippen LogP contribution is -2.05. The van der Waals surface area contributed by atoms with Gasteiger partial charge in [-0.3, -0.25) is 14.9 Å². The second kappa shape index (κ2) is 7.10. The second-order valence-corrected chi connectivity index (χ2v) is 5.94. The van der Waals surface area contributed by atoms with Crippen LogP contribution in [0.4, 0.5) is 5.69 Å². The number of ether oxygens (including phenoxy) is 3. The summed E-state index contributed by atoms with van der Waals surface area (Å²) < 4.78 is 21.4. The van der Waals surface area contributed by atoms with Gasteiger partial charge in [0.2, 0.25) is 22.5 Å². The first-order valence-electron chi connectivity index (χ1n) is 8.07. The molecular formula is C19H17NO8. The number of aromatic hydroxyl groups is 1. The number of aryl methyl sites for hydroxylation is 1. The monoisotopic (exact) mass is 387 g/mol. The molecule has 3 aromatic rings. The average Bonchev–Trinajstić information content (AvgIpc) is 2.69. The molecule has 3 rings (SSSR count). The number of hydrogen-bond donors (Lipinski definition) is 1.